The van der Waals surface area contributed by atoms with Crippen molar-refractivity contribution in [2.75, 3.05) is 13.2 Å². The van der Waals surface area contributed by atoms with Crippen molar-refractivity contribution in [2.45, 2.75) is 38.6 Å². The summed E-state index contributed by atoms with van der Waals surface area (Å²) in [5.41, 5.74) is -0.123. The Morgan fingerprint density at radius 1 is 1.43 bits per heavy atom. The smallest absolute Gasteiger partial charge is 0.412 e. The van der Waals surface area contributed by atoms with Gasteiger partial charge in [-0.25, -0.2) is 4.79 Å². The fourth-order valence-electron chi connectivity index (χ4n) is 3.02. The summed E-state index contributed by atoms with van der Waals surface area (Å²) < 4.78 is 10.6. The molecule has 0 bridgehead atoms. The zero-order valence-electron chi connectivity index (χ0n) is 12.6. The number of ether oxygens (including phenoxy) is 2. The standard InChI is InChI=1S/C15H22N2O4/c1-15(2,3)21-14(19)16-11-5-4-6-17(13(11)18)12-9-7-20-8-10(9)12/h4-6,9-10,12-13,18H,7-8H2,1-3H3,(H,16,19)/t9-,10+,12?,13?. The number of amides is 1. The topological polar surface area (TPSA) is 71.0 Å². The minimum absolute atomic E-state index is 0.300. The molecule has 1 saturated carbocycles. The van der Waals surface area contributed by atoms with E-state index in [9.17, 15) is 9.90 Å². The van der Waals surface area contributed by atoms with Gasteiger partial charge in [-0.2, -0.15) is 0 Å². The van der Waals surface area contributed by atoms with Gasteiger partial charge >= 0.3 is 6.09 Å². The molecule has 3 rings (SSSR count). The molecule has 116 valence electrons. The van der Waals surface area contributed by atoms with Crippen LogP contribution in [0.25, 0.3) is 0 Å². The van der Waals surface area contributed by atoms with Crippen molar-refractivity contribution in [3.05, 3.63) is 24.0 Å². The first-order valence-electron chi connectivity index (χ1n) is 7.28. The van der Waals surface area contributed by atoms with Crippen LogP contribution in [0.15, 0.2) is 24.0 Å². The lowest BCUT2D eigenvalue weighted by Gasteiger charge is -2.32. The van der Waals surface area contributed by atoms with Crippen LogP contribution in [0.2, 0.25) is 0 Å². The van der Waals surface area contributed by atoms with Gasteiger partial charge in [0.15, 0.2) is 6.23 Å². The number of aliphatic hydroxyl groups is 1. The highest BCUT2D eigenvalue weighted by Gasteiger charge is 2.58. The normalized spacial score (nSPS) is 34.3. The number of allylic oxidation sites excluding steroid dienone is 2. The van der Waals surface area contributed by atoms with Gasteiger partial charge in [-0.3, -0.25) is 5.32 Å². The van der Waals surface area contributed by atoms with Crippen LogP contribution in [-0.2, 0) is 9.47 Å². The Morgan fingerprint density at radius 3 is 2.71 bits per heavy atom. The number of rotatable bonds is 2. The molecule has 6 nitrogen and oxygen atoms in total. The highest BCUT2D eigenvalue weighted by molar-refractivity contribution is 5.70. The van der Waals surface area contributed by atoms with E-state index in [1.165, 1.54) is 0 Å². The number of nitrogens with one attached hydrogen (secondary N) is 1. The second kappa shape index (κ2) is 5.03. The fourth-order valence-corrected chi connectivity index (χ4v) is 3.02. The van der Waals surface area contributed by atoms with Crippen LogP contribution in [0.5, 0.6) is 0 Å². The average molecular weight is 294 g/mol. The predicted octanol–water partition coefficient (Wildman–Crippen LogP) is 1.19. The summed E-state index contributed by atoms with van der Waals surface area (Å²) in [7, 11) is 0. The third-order valence-electron chi connectivity index (χ3n) is 3.99. The Labute approximate surface area is 124 Å². The highest BCUT2D eigenvalue weighted by Crippen LogP contribution is 2.49. The van der Waals surface area contributed by atoms with Crippen molar-refractivity contribution in [1.29, 1.82) is 0 Å². The molecule has 4 atom stereocenters. The molecule has 1 amide bonds. The Kier molecular flexibility index (Phi) is 3.45. The third-order valence-corrected chi connectivity index (χ3v) is 3.99. The van der Waals surface area contributed by atoms with Crippen LogP contribution in [0, 0.1) is 11.8 Å². The van der Waals surface area contributed by atoms with Crippen LogP contribution in [-0.4, -0.2) is 47.2 Å². The van der Waals surface area contributed by atoms with E-state index >= 15 is 0 Å². The SMILES string of the molecule is CC(C)(C)OC(=O)NC1=CC=CN(C2[C@H]3COC[C@@H]23)C1O. The Hall–Kier alpha value is -1.53. The van der Waals surface area contributed by atoms with Gasteiger partial charge in [-0.1, -0.05) is 0 Å². The number of fused-ring (bicyclic) bond motifs is 1. The quantitative estimate of drug-likeness (QED) is 0.800. The van der Waals surface area contributed by atoms with Crippen molar-refractivity contribution in [1.82, 2.24) is 10.2 Å². The molecule has 2 N–H and O–H groups in total. The third kappa shape index (κ3) is 2.91. The molecule has 0 aromatic rings. The van der Waals surface area contributed by atoms with Gasteiger partial charge in [0.05, 0.1) is 18.9 Å². The van der Waals surface area contributed by atoms with E-state index in [0.717, 1.165) is 13.2 Å². The lowest BCUT2D eigenvalue weighted by atomic mass is 10.2. The van der Waals surface area contributed by atoms with Gasteiger partial charge in [0.1, 0.15) is 5.60 Å². The van der Waals surface area contributed by atoms with Crippen molar-refractivity contribution >= 4 is 6.09 Å². The first-order valence-corrected chi connectivity index (χ1v) is 7.28. The molecule has 2 aliphatic heterocycles. The lowest BCUT2D eigenvalue weighted by Crippen LogP contribution is -2.44. The van der Waals surface area contributed by atoms with E-state index in [-0.39, 0.29) is 0 Å². The molecule has 21 heavy (non-hydrogen) atoms. The molecule has 0 aromatic carbocycles. The summed E-state index contributed by atoms with van der Waals surface area (Å²) in [6.45, 7) is 6.91. The second-order valence-electron chi connectivity index (χ2n) is 6.77. The van der Waals surface area contributed by atoms with Crippen molar-refractivity contribution in [3.63, 3.8) is 0 Å². The molecule has 0 spiro atoms. The molecule has 1 aliphatic carbocycles. The van der Waals surface area contributed by atoms with Crippen LogP contribution >= 0.6 is 0 Å². The second-order valence-corrected chi connectivity index (χ2v) is 6.77. The Balaban J connectivity index is 1.60. The molecule has 2 fully saturated rings. The first kappa shape index (κ1) is 14.4. The Morgan fingerprint density at radius 2 is 2.10 bits per heavy atom. The maximum Gasteiger partial charge on any atom is 0.412 e. The average Bonchev–Trinajstić information content (AvgIpc) is 2.83. The van der Waals surface area contributed by atoms with Gasteiger partial charge in [0, 0.05) is 24.1 Å². The number of carbonyl (C=O) groups is 1. The van der Waals surface area contributed by atoms with Crippen molar-refractivity contribution < 1.29 is 19.4 Å². The maximum absolute atomic E-state index is 11.8. The van der Waals surface area contributed by atoms with Crippen LogP contribution in [0.3, 0.4) is 0 Å². The molecule has 6 heteroatoms. The number of carbonyl (C=O) groups excluding carboxylic acids is 1. The van der Waals surface area contributed by atoms with Gasteiger partial charge in [-0.15, -0.1) is 0 Å². The van der Waals surface area contributed by atoms with Crippen LogP contribution < -0.4 is 5.32 Å². The van der Waals surface area contributed by atoms with Gasteiger partial charge in [-0.05, 0) is 32.9 Å². The van der Waals surface area contributed by atoms with E-state index in [4.69, 9.17) is 9.47 Å². The first-order chi connectivity index (χ1) is 9.87. The molecular formula is C15H22N2O4. The van der Waals surface area contributed by atoms with E-state index in [2.05, 4.69) is 5.32 Å². The van der Waals surface area contributed by atoms with Gasteiger partial charge < -0.3 is 19.5 Å². The number of alkyl carbamates (subject to hydrolysis) is 1. The number of aliphatic hydroxyl groups excluding tert-OH is 1. The zero-order valence-corrected chi connectivity index (χ0v) is 12.6. The van der Waals surface area contributed by atoms with E-state index in [0.29, 0.717) is 23.6 Å². The highest BCUT2D eigenvalue weighted by atomic mass is 16.6. The maximum atomic E-state index is 11.8. The van der Waals surface area contributed by atoms with Gasteiger partial charge in [0.2, 0.25) is 0 Å². The Bertz CT molecular complexity index is 484. The van der Waals surface area contributed by atoms with Gasteiger partial charge in [0.25, 0.3) is 0 Å². The van der Waals surface area contributed by atoms with E-state index < -0.39 is 17.9 Å². The summed E-state index contributed by atoms with van der Waals surface area (Å²) >= 11 is 0. The monoisotopic (exact) mass is 294 g/mol. The van der Waals surface area contributed by atoms with Crippen LogP contribution in [0.1, 0.15) is 20.8 Å². The number of hydrogen-bond donors (Lipinski definition) is 2. The molecule has 0 aromatic heterocycles. The zero-order chi connectivity index (χ0) is 15.2. The number of nitrogens with zero attached hydrogens (tertiary/aromatic N) is 1. The van der Waals surface area contributed by atoms with Crippen molar-refractivity contribution in [2.24, 2.45) is 11.8 Å². The minimum Gasteiger partial charge on any atom is -0.444 e. The molecule has 1 saturated heterocycles. The minimum atomic E-state index is -0.849. The summed E-state index contributed by atoms with van der Waals surface area (Å²) in [5, 5.41) is 13.1. The molecule has 2 heterocycles. The van der Waals surface area contributed by atoms with Crippen molar-refractivity contribution in [3.8, 4) is 0 Å². The molecule has 2 unspecified atom stereocenters. The van der Waals surface area contributed by atoms with Crippen LogP contribution in [0.4, 0.5) is 4.79 Å². The molecule has 3 aliphatic rings. The fraction of sp³-hybridized carbons (Fsp3) is 0.667. The molecule has 0 radical (unpaired) electrons. The molecular weight excluding hydrogens is 272 g/mol. The summed E-state index contributed by atoms with van der Waals surface area (Å²) in [6.07, 6.45) is 3.99. The van der Waals surface area contributed by atoms with E-state index in [1.54, 1.807) is 26.8 Å². The predicted molar refractivity (Wildman–Crippen MR) is 76.0 cm³/mol. The summed E-state index contributed by atoms with van der Waals surface area (Å²) in [5.74, 6) is 0.982. The largest absolute Gasteiger partial charge is 0.444 e. The summed E-state index contributed by atoms with van der Waals surface area (Å²) in [6, 6.07) is 0.300. The number of hydrogen-bond acceptors (Lipinski definition) is 5. The van der Waals surface area contributed by atoms with E-state index in [1.807, 2.05) is 17.2 Å². The lowest BCUT2D eigenvalue weighted by molar-refractivity contribution is 0.0259. The summed E-state index contributed by atoms with van der Waals surface area (Å²) in [4.78, 5) is 13.7.